The van der Waals surface area contributed by atoms with E-state index in [1.54, 1.807) is 0 Å². The second-order valence-electron chi connectivity index (χ2n) is 4.88. The smallest absolute Gasteiger partial charge is 0.237 e. The van der Waals surface area contributed by atoms with Gasteiger partial charge in [-0.1, -0.05) is 25.7 Å². The third kappa shape index (κ3) is 3.20. The third-order valence-electron chi connectivity index (χ3n) is 3.70. The van der Waals surface area contributed by atoms with E-state index in [9.17, 15) is 4.79 Å². The first-order valence-electron chi connectivity index (χ1n) is 6.37. The summed E-state index contributed by atoms with van der Waals surface area (Å²) in [5.41, 5.74) is 0. The molecule has 1 saturated heterocycles. The number of amides is 1. The van der Waals surface area contributed by atoms with Crippen molar-refractivity contribution in [3.05, 3.63) is 0 Å². The molecule has 2 fully saturated rings. The van der Waals surface area contributed by atoms with Crippen molar-refractivity contribution in [3.63, 3.8) is 0 Å². The normalized spacial score (nSPS) is 27.1. The molecule has 86 valence electrons. The Labute approximate surface area is 92.0 Å². The Kier molecular flexibility index (Phi) is 4.01. The zero-order valence-corrected chi connectivity index (χ0v) is 9.43. The van der Waals surface area contributed by atoms with Crippen LogP contribution in [0.3, 0.4) is 0 Å². The van der Waals surface area contributed by atoms with Crippen LogP contribution in [0.25, 0.3) is 0 Å². The molecule has 1 aliphatic carbocycles. The van der Waals surface area contributed by atoms with Crippen LogP contribution in [0.15, 0.2) is 0 Å². The number of hydrogen-bond acceptors (Lipinski definition) is 2. The molecule has 1 aliphatic heterocycles. The molecule has 0 bridgehead atoms. The largest absolute Gasteiger partial charge is 0.355 e. The average Bonchev–Trinajstić information content (AvgIpc) is 2.90. The van der Waals surface area contributed by atoms with E-state index in [0.29, 0.717) is 0 Å². The van der Waals surface area contributed by atoms with Gasteiger partial charge in [-0.3, -0.25) is 4.79 Å². The minimum atomic E-state index is 0.0913. The summed E-state index contributed by atoms with van der Waals surface area (Å²) in [7, 11) is 0. The number of carbonyl (C=O) groups excluding carboxylic acids is 1. The summed E-state index contributed by atoms with van der Waals surface area (Å²) in [5, 5.41) is 6.27. The van der Waals surface area contributed by atoms with Crippen LogP contribution >= 0.6 is 0 Å². The van der Waals surface area contributed by atoms with E-state index < -0.39 is 0 Å². The number of rotatable bonds is 4. The molecule has 1 amide bonds. The minimum absolute atomic E-state index is 0.0913. The van der Waals surface area contributed by atoms with E-state index >= 15 is 0 Å². The van der Waals surface area contributed by atoms with Gasteiger partial charge >= 0.3 is 0 Å². The van der Waals surface area contributed by atoms with Gasteiger partial charge in [-0.25, -0.2) is 0 Å². The Morgan fingerprint density at radius 2 is 2.00 bits per heavy atom. The molecule has 0 radical (unpaired) electrons. The summed E-state index contributed by atoms with van der Waals surface area (Å²) >= 11 is 0. The number of nitrogens with one attached hydrogen (secondary N) is 2. The van der Waals surface area contributed by atoms with Gasteiger partial charge in [-0.2, -0.15) is 0 Å². The second-order valence-corrected chi connectivity index (χ2v) is 4.88. The van der Waals surface area contributed by atoms with Gasteiger partial charge in [0.05, 0.1) is 6.04 Å². The molecule has 0 aromatic rings. The predicted molar refractivity (Wildman–Crippen MR) is 60.6 cm³/mol. The Bertz CT molecular complexity index is 206. The van der Waals surface area contributed by atoms with Crippen LogP contribution in [0, 0.1) is 5.92 Å². The molecule has 1 saturated carbocycles. The van der Waals surface area contributed by atoms with Gasteiger partial charge in [-0.05, 0) is 31.7 Å². The van der Waals surface area contributed by atoms with Crippen LogP contribution in [0.4, 0.5) is 0 Å². The topological polar surface area (TPSA) is 41.1 Å². The van der Waals surface area contributed by atoms with Crippen molar-refractivity contribution in [3.8, 4) is 0 Å². The van der Waals surface area contributed by atoms with Gasteiger partial charge in [0.15, 0.2) is 0 Å². The van der Waals surface area contributed by atoms with Crippen molar-refractivity contribution in [1.82, 2.24) is 10.6 Å². The third-order valence-corrected chi connectivity index (χ3v) is 3.70. The van der Waals surface area contributed by atoms with E-state index in [1.807, 2.05) is 0 Å². The highest BCUT2D eigenvalue weighted by atomic mass is 16.2. The lowest BCUT2D eigenvalue weighted by molar-refractivity contribution is -0.122. The zero-order chi connectivity index (χ0) is 10.5. The molecule has 15 heavy (non-hydrogen) atoms. The molecule has 1 atom stereocenters. The molecule has 0 unspecified atom stereocenters. The monoisotopic (exact) mass is 210 g/mol. The van der Waals surface area contributed by atoms with E-state index in [2.05, 4.69) is 10.6 Å². The van der Waals surface area contributed by atoms with Crippen molar-refractivity contribution in [2.24, 2.45) is 5.92 Å². The van der Waals surface area contributed by atoms with Gasteiger partial charge in [0.25, 0.3) is 0 Å². The Balaban J connectivity index is 1.58. The maximum Gasteiger partial charge on any atom is 0.237 e. The summed E-state index contributed by atoms with van der Waals surface area (Å²) < 4.78 is 0. The molecule has 0 aromatic heterocycles. The highest BCUT2D eigenvalue weighted by Crippen LogP contribution is 2.26. The maximum atomic E-state index is 11.6. The van der Waals surface area contributed by atoms with Crippen molar-refractivity contribution in [2.75, 3.05) is 13.1 Å². The molecular weight excluding hydrogens is 188 g/mol. The highest BCUT2D eigenvalue weighted by molar-refractivity contribution is 5.81. The fraction of sp³-hybridized carbons (Fsp3) is 0.917. The first kappa shape index (κ1) is 10.9. The molecule has 3 heteroatoms. The van der Waals surface area contributed by atoms with E-state index in [0.717, 1.165) is 31.8 Å². The van der Waals surface area contributed by atoms with Crippen LogP contribution in [-0.4, -0.2) is 25.0 Å². The van der Waals surface area contributed by atoms with Gasteiger partial charge < -0.3 is 10.6 Å². The lowest BCUT2D eigenvalue weighted by Crippen LogP contribution is -2.41. The number of hydrogen-bond donors (Lipinski definition) is 2. The molecular formula is C12H22N2O. The SMILES string of the molecule is O=C(NCCC1CCCC1)[C@H]1CCCN1. The molecule has 3 nitrogen and oxygen atoms in total. The summed E-state index contributed by atoms with van der Waals surface area (Å²) in [5.74, 6) is 1.09. The van der Waals surface area contributed by atoms with Gasteiger partial charge in [-0.15, -0.1) is 0 Å². The second kappa shape index (κ2) is 5.50. The average molecular weight is 210 g/mol. The van der Waals surface area contributed by atoms with Gasteiger partial charge in [0, 0.05) is 6.54 Å². The van der Waals surface area contributed by atoms with E-state index in [-0.39, 0.29) is 11.9 Å². The Morgan fingerprint density at radius 3 is 2.67 bits per heavy atom. The standard InChI is InChI=1S/C12H22N2O/c15-12(11-6-3-8-13-11)14-9-7-10-4-1-2-5-10/h10-11,13H,1-9H2,(H,14,15)/t11-/m1/s1. The van der Waals surface area contributed by atoms with E-state index in [4.69, 9.17) is 0 Å². The van der Waals surface area contributed by atoms with Gasteiger partial charge in [0.2, 0.25) is 5.91 Å². The molecule has 0 aromatic carbocycles. The quantitative estimate of drug-likeness (QED) is 0.737. The van der Waals surface area contributed by atoms with Crippen LogP contribution in [0.1, 0.15) is 44.9 Å². The number of carbonyl (C=O) groups is 1. The lowest BCUT2D eigenvalue weighted by Gasteiger charge is -2.13. The van der Waals surface area contributed by atoms with Crippen LogP contribution in [-0.2, 0) is 4.79 Å². The lowest BCUT2D eigenvalue weighted by atomic mass is 10.0. The summed E-state index contributed by atoms with van der Waals surface area (Å²) in [6.45, 7) is 1.88. The highest BCUT2D eigenvalue weighted by Gasteiger charge is 2.22. The first-order chi connectivity index (χ1) is 7.36. The van der Waals surface area contributed by atoms with Gasteiger partial charge in [0.1, 0.15) is 0 Å². The molecule has 2 N–H and O–H groups in total. The fourth-order valence-corrected chi connectivity index (χ4v) is 2.73. The predicted octanol–water partition coefficient (Wildman–Crippen LogP) is 1.43. The van der Waals surface area contributed by atoms with Crippen molar-refractivity contribution < 1.29 is 4.79 Å². The Hall–Kier alpha value is -0.570. The van der Waals surface area contributed by atoms with Crippen LogP contribution in [0.2, 0.25) is 0 Å². The Morgan fingerprint density at radius 1 is 1.20 bits per heavy atom. The van der Waals surface area contributed by atoms with E-state index in [1.165, 1.54) is 32.1 Å². The molecule has 1 heterocycles. The summed E-state index contributed by atoms with van der Waals surface area (Å²) in [6, 6.07) is 0.0913. The molecule has 2 aliphatic rings. The van der Waals surface area contributed by atoms with Crippen LogP contribution in [0.5, 0.6) is 0 Å². The fourth-order valence-electron chi connectivity index (χ4n) is 2.73. The van der Waals surface area contributed by atoms with Crippen molar-refractivity contribution >= 4 is 5.91 Å². The maximum absolute atomic E-state index is 11.6. The minimum Gasteiger partial charge on any atom is -0.355 e. The van der Waals surface area contributed by atoms with Crippen LogP contribution < -0.4 is 10.6 Å². The molecule has 0 spiro atoms. The summed E-state index contributed by atoms with van der Waals surface area (Å²) in [6.07, 6.45) is 8.86. The zero-order valence-electron chi connectivity index (χ0n) is 9.43. The van der Waals surface area contributed by atoms with Crippen molar-refractivity contribution in [2.45, 2.75) is 51.0 Å². The first-order valence-corrected chi connectivity index (χ1v) is 6.37. The molecule has 2 rings (SSSR count). The van der Waals surface area contributed by atoms with Crippen molar-refractivity contribution in [1.29, 1.82) is 0 Å². The summed E-state index contributed by atoms with van der Waals surface area (Å²) in [4.78, 5) is 11.6.